The number of fused-ring (bicyclic) bond motifs is 1. The van der Waals surface area contributed by atoms with Crippen molar-refractivity contribution < 1.29 is 4.79 Å². The maximum absolute atomic E-state index is 12.7. The zero-order chi connectivity index (χ0) is 16.2. The van der Waals surface area contributed by atoms with Crippen LogP contribution < -0.4 is 0 Å². The van der Waals surface area contributed by atoms with Crippen molar-refractivity contribution in [2.75, 3.05) is 26.2 Å². The normalized spacial score (nSPS) is 15.5. The van der Waals surface area contributed by atoms with Gasteiger partial charge in [-0.15, -0.1) is 0 Å². The van der Waals surface area contributed by atoms with E-state index < -0.39 is 0 Å². The molecule has 124 valence electrons. The highest BCUT2D eigenvalue weighted by atomic mass is 16.2. The average Bonchev–Trinajstić information content (AvgIpc) is 3.03. The van der Waals surface area contributed by atoms with Crippen LogP contribution in [0.4, 0.5) is 0 Å². The second kappa shape index (κ2) is 7.08. The van der Waals surface area contributed by atoms with Crippen molar-refractivity contribution in [3.63, 3.8) is 0 Å². The molecule has 0 aromatic carbocycles. The minimum atomic E-state index is 0.0590. The summed E-state index contributed by atoms with van der Waals surface area (Å²) < 4.78 is 1.73. The Hall–Kier alpha value is -1.95. The summed E-state index contributed by atoms with van der Waals surface area (Å²) in [6.07, 6.45) is 8.89. The van der Waals surface area contributed by atoms with E-state index in [0.29, 0.717) is 11.2 Å². The van der Waals surface area contributed by atoms with E-state index >= 15 is 0 Å². The summed E-state index contributed by atoms with van der Waals surface area (Å²) in [5.74, 6) is 0.0590. The molecule has 3 heterocycles. The van der Waals surface area contributed by atoms with Crippen LogP contribution in [0.3, 0.4) is 0 Å². The topological polar surface area (TPSA) is 53.7 Å². The smallest absolute Gasteiger partial charge is 0.259 e. The number of hydrogen-bond acceptors (Lipinski definition) is 4. The molecular formula is C17H25N5O. The Morgan fingerprint density at radius 1 is 1.17 bits per heavy atom. The second-order valence-corrected chi connectivity index (χ2v) is 6.10. The van der Waals surface area contributed by atoms with Gasteiger partial charge in [-0.3, -0.25) is 9.69 Å². The Balaban J connectivity index is 1.82. The van der Waals surface area contributed by atoms with E-state index in [4.69, 9.17) is 0 Å². The molecule has 1 aliphatic heterocycles. The molecule has 0 bridgehead atoms. The summed E-state index contributed by atoms with van der Waals surface area (Å²) in [6, 6.07) is 0. The lowest BCUT2D eigenvalue weighted by atomic mass is 10.1. The molecule has 6 heteroatoms. The number of hydrogen-bond donors (Lipinski definition) is 0. The third-order valence-corrected chi connectivity index (χ3v) is 4.58. The van der Waals surface area contributed by atoms with Crippen LogP contribution in [0, 0.1) is 0 Å². The van der Waals surface area contributed by atoms with Crippen LogP contribution in [0.1, 0.15) is 49.0 Å². The van der Waals surface area contributed by atoms with Gasteiger partial charge in [0.25, 0.3) is 5.91 Å². The molecule has 23 heavy (non-hydrogen) atoms. The maximum Gasteiger partial charge on any atom is 0.259 e. The minimum absolute atomic E-state index is 0.0590. The summed E-state index contributed by atoms with van der Waals surface area (Å²) in [6.45, 7) is 8.85. The highest BCUT2D eigenvalue weighted by Gasteiger charge is 2.22. The highest BCUT2D eigenvalue weighted by Crippen LogP contribution is 2.16. The van der Waals surface area contributed by atoms with E-state index in [0.717, 1.165) is 51.1 Å². The monoisotopic (exact) mass is 315 g/mol. The Bertz CT molecular complexity index is 671. The summed E-state index contributed by atoms with van der Waals surface area (Å²) in [7, 11) is 0. The van der Waals surface area contributed by atoms with Gasteiger partial charge < -0.3 is 4.90 Å². The summed E-state index contributed by atoms with van der Waals surface area (Å²) >= 11 is 0. The van der Waals surface area contributed by atoms with Crippen LogP contribution >= 0.6 is 0 Å². The fourth-order valence-corrected chi connectivity index (χ4v) is 3.12. The van der Waals surface area contributed by atoms with Crippen molar-refractivity contribution in [1.82, 2.24) is 24.4 Å². The number of amides is 1. The van der Waals surface area contributed by atoms with Gasteiger partial charge in [0, 0.05) is 37.6 Å². The number of rotatable bonds is 5. The van der Waals surface area contributed by atoms with Crippen molar-refractivity contribution >= 4 is 11.6 Å². The molecule has 0 atom stereocenters. The zero-order valence-corrected chi connectivity index (χ0v) is 14.0. The summed E-state index contributed by atoms with van der Waals surface area (Å²) in [5, 5.41) is 4.34. The number of carbonyl (C=O) groups excluding carboxylic acids is 1. The van der Waals surface area contributed by atoms with E-state index in [1.807, 2.05) is 17.3 Å². The van der Waals surface area contributed by atoms with E-state index in [2.05, 4.69) is 28.8 Å². The molecule has 1 aliphatic rings. The van der Waals surface area contributed by atoms with Gasteiger partial charge in [0.15, 0.2) is 5.65 Å². The lowest BCUT2D eigenvalue weighted by Crippen LogP contribution is -2.35. The number of aromatic nitrogens is 3. The lowest BCUT2D eigenvalue weighted by molar-refractivity contribution is 0.0726. The molecule has 0 spiro atoms. The Kier molecular flexibility index (Phi) is 4.91. The molecule has 3 rings (SSSR count). The first-order chi connectivity index (χ1) is 11.2. The number of piperidine rings is 1. The van der Waals surface area contributed by atoms with Gasteiger partial charge in [0.1, 0.15) is 5.56 Å². The molecule has 1 fully saturated rings. The van der Waals surface area contributed by atoms with Gasteiger partial charge in [-0.1, -0.05) is 13.8 Å². The number of likely N-dealkylation sites (tertiary alicyclic amines) is 1. The van der Waals surface area contributed by atoms with Gasteiger partial charge in [0.05, 0.1) is 6.20 Å². The van der Waals surface area contributed by atoms with Crippen molar-refractivity contribution in [3.8, 4) is 0 Å². The fourth-order valence-electron chi connectivity index (χ4n) is 3.12. The van der Waals surface area contributed by atoms with Gasteiger partial charge in [0.2, 0.25) is 0 Å². The van der Waals surface area contributed by atoms with Crippen LogP contribution in [-0.4, -0.2) is 56.5 Å². The van der Waals surface area contributed by atoms with E-state index in [-0.39, 0.29) is 5.91 Å². The molecule has 0 aliphatic carbocycles. The van der Waals surface area contributed by atoms with Gasteiger partial charge in [-0.2, -0.15) is 5.10 Å². The molecule has 1 amide bonds. The van der Waals surface area contributed by atoms with Crippen molar-refractivity contribution in [2.45, 2.75) is 39.7 Å². The standard InChI is InChI=1S/C17H25N5O/c1-3-20(4-2)12-14-10-18-16-15(11-19-22(16)13-14)17(23)21-8-6-5-7-9-21/h10-11,13H,3-9,12H2,1-2H3. The largest absolute Gasteiger partial charge is 0.338 e. The Morgan fingerprint density at radius 3 is 2.61 bits per heavy atom. The molecule has 1 saturated heterocycles. The van der Waals surface area contributed by atoms with Crippen LogP contribution in [0.15, 0.2) is 18.6 Å². The fraction of sp³-hybridized carbons (Fsp3) is 0.588. The average molecular weight is 315 g/mol. The molecule has 2 aromatic rings. The van der Waals surface area contributed by atoms with Crippen molar-refractivity contribution in [1.29, 1.82) is 0 Å². The molecule has 0 saturated carbocycles. The Labute approximate surface area is 137 Å². The van der Waals surface area contributed by atoms with E-state index in [9.17, 15) is 4.79 Å². The highest BCUT2D eigenvalue weighted by molar-refractivity contribution is 5.99. The SMILES string of the molecule is CCN(CC)Cc1cnc2c(C(=O)N3CCCCC3)cnn2c1. The summed E-state index contributed by atoms with van der Waals surface area (Å²) in [4.78, 5) is 21.4. The Morgan fingerprint density at radius 2 is 1.91 bits per heavy atom. The number of nitrogens with zero attached hydrogens (tertiary/aromatic N) is 5. The van der Waals surface area contributed by atoms with Crippen LogP contribution in [0.5, 0.6) is 0 Å². The predicted octanol–water partition coefficient (Wildman–Crippen LogP) is 2.20. The van der Waals surface area contributed by atoms with Crippen LogP contribution in [0.2, 0.25) is 0 Å². The molecule has 0 radical (unpaired) electrons. The molecule has 6 nitrogen and oxygen atoms in total. The van der Waals surface area contributed by atoms with Gasteiger partial charge >= 0.3 is 0 Å². The first-order valence-corrected chi connectivity index (χ1v) is 8.56. The quantitative estimate of drug-likeness (QED) is 0.849. The number of carbonyl (C=O) groups is 1. The minimum Gasteiger partial charge on any atom is -0.338 e. The molecule has 0 unspecified atom stereocenters. The van der Waals surface area contributed by atoms with E-state index in [1.165, 1.54) is 6.42 Å². The molecular weight excluding hydrogens is 290 g/mol. The predicted molar refractivity (Wildman–Crippen MR) is 89.4 cm³/mol. The summed E-state index contributed by atoms with van der Waals surface area (Å²) in [5.41, 5.74) is 2.38. The van der Waals surface area contributed by atoms with Crippen LogP contribution in [-0.2, 0) is 6.54 Å². The third kappa shape index (κ3) is 3.37. The zero-order valence-electron chi connectivity index (χ0n) is 14.0. The van der Waals surface area contributed by atoms with Crippen molar-refractivity contribution in [2.24, 2.45) is 0 Å². The first-order valence-electron chi connectivity index (χ1n) is 8.56. The molecule has 2 aromatic heterocycles. The lowest BCUT2D eigenvalue weighted by Gasteiger charge is -2.26. The van der Waals surface area contributed by atoms with Gasteiger partial charge in [-0.05, 0) is 32.4 Å². The second-order valence-electron chi connectivity index (χ2n) is 6.10. The van der Waals surface area contributed by atoms with Crippen molar-refractivity contribution in [3.05, 3.63) is 29.7 Å². The van der Waals surface area contributed by atoms with Gasteiger partial charge in [-0.25, -0.2) is 9.50 Å². The first kappa shape index (κ1) is 15.9. The maximum atomic E-state index is 12.7. The van der Waals surface area contributed by atoms with E-state index in [1.54, 1.807) is 10.7 Å². The van der Waals surface area contributed by atoms with Crippen LogP contribution in [0.25, 0.3) is 5.65 Å². The molecule has 0 N–H and O–H groups in total. The third-order valence-electron chi connectivity index (χ3n) is 4.58.